The summed E-state index contributed by atoms with van der Waals surface area (Å²) in [4.78, 5) is 10.5. The van der Waals surface area contributed by atoms with Gasteiger partial charge in [0, 0.05) is 13.0 Å². The van der Waals surface area contributed by atoms with Crippen LogP contribution in [-0.2, 0) is 20.7 Å². The number of allylic oxidation sites excluding steroid dienone is 1. The van der Waals surface area contributed by atoms with Crippen molar-refractivity contribution in [2.45, 2.75) is 57.7 Å². The van der Waals surface area contributed by atoms with Crippen molar-refractivity contribution in [3.8, 4) is 0 Å². The second-order valence-corrected chi connectivity index (χ2v) is 6.20. The Morgan fingerprint density at radius 3 is 3.04 bits per heavy atom. The number of rotatable bonds is 10. The van der Waals surface area contributed by atoms with E-state index in [0.29, 0.717) is 6.42 Å². The number of ether oxygens (including phenoxy) is 2. The third kappa shape index (κ3) is 7.75. The minimum atomic E-state index is -0.730. The van der Waals surface area contributed by atoms with E-state index in [-0.39, 0.29) is 12.7 Å². The van der Waals surface area contributed by atoms with Crippen LogP contribution in [-0.4, -0.2) is 30.6 Å². The molecule has 1 unspecified atom stereocenters. The molecule has 1 aromatic rings. The van der Waals surface area contributed by atoms with E-state index in [9.17, 15) is 4.79 Å². The standard InChI is InChI=1S/C20H28O4/c21-19(22)12-3-1-2-8-17-9-6-10-18(16-17)11-7-15-24-20-13-4-5-14-23-20/h2,6,8-10,16,20H,1,3-5,7,11-15H2,(H,21,22)/b8-2+. The lowest BCUT2D eigenvalue weighted by atomic mass is 10.1. The average molecular weight is 332 g/mol. The van der Waals surface area contributed by atoms with Crippen molar-refractivity contribution in [1.29, 1.82) is 0 Å². The van der Waals surface area contributed by atoms with Gasteiger partial charge in [-0.25, -0.2) is 0 Å². The minimum absolute atomic E-state index is 0.00109. The number of carboxylic acids is 1. The van der Waals surface area contributed by atoms with Crippen molar-refractivity contribution in [3.63, 3.8) is 0 Å². The van der Waals surface area contributed by atoms with Gasteiger partial charge in [0.15, 0.2) is 6.29 Å². The third-order valence-electron chi connectivity index (χ3n) is 4.07. The average Bonchev–Trinajstić information content (AvgIpc) is 2.59. The van der Waals surface area contributed by atoms with Crippen LogP contribution in [0.3, 0.4) is 0 Å². The van der Waals surface area contributed by atoms with Crippen LogP contribution in [0.5, 0.6) is 0 Å². The first-order valence-electron chi connectivity index (χ1n) is 8.94. The summed E-state index contributed by atoms with van der Waals surface area (Å²) in [6.45, 7) is 1.56. The first-order chi connectivity index (χ1) is 11.7. The van der Waals surface area contributed by atoms with Gasteiger partial charge in [-0.15, -0.1) is 0 Å². The molecule has 1 heterocycles. The summed E-state index contributed by atoms with van der Waals surface area (Å²) in [6.07, 6.45) is 11.2. The molecule has 1 atom stereocenters. The highest BCUT2D eigenvalue weighted by Crippen LogP contribution is 2.15. The first-order valence-corrected chi connectivity index (χ1v) is 8.94. The summed E-state index contributed by atoms with van der Waals surface area (Å²) >= 11 is 0. The molecule has 1 saturated heterocycles. The van der Waals surface area contributed by atoms with Crippen molar-refractivity contribution in [2.75, 3.05) is 13.2 Å². The second kappa shape index (κ2) is 11.0. The molecular weight excluding hydrogens is 304 g/mol. The summed E-state index contributed by atoms with van der Waals surface area (Å²) < 4.78 is 11.3. The fraction of sp³-hybridized carbons (Fsp3) is 0.550. The summed E-state index contributed by atoms with van der Waals surface area (Å²) in [5.74, 6) is -0.730. The fourth-order valence-corrected chi connectivity index (χ4v) is 2.78. The minimum Gasteiger partial charge on any atom is -0.481 e. The van der Waals surface area contributed by atoms with Gasteiger partial charge < -0.3 is 14.6 Å². The number of aliphatic carboxylic acids is 1. The maximum Gasteiger partial charge on any atom is 0.303 e. The van der Waals surface area contributed by atoms with Gasteiger partial charge >= 0.3 is 5.97 Å². The molecule has 1 N–H and O–H groups in total. The van der Waals surface area contributed by atoms with E-state index >= 15 is 0 Å². The van der Waals surface area contributed by atoms with Crippen LogP contribution in [0.1, 0.15) is 56.1 Å². The smallest absolute Gasteiger partial charge is 0.303 e. The van der Waals surface area contributed by atoms with Crippen LogP contribution in [0.25, 0.3) is 6.08 Å². The quantitative estimate of drug-likeness (QED) is 0.644. The van der Waals surface area contributed by atoms with Crippen molar-refractivity contribution in [3.05, 3.63) is 41.5 Å². The molecule has 24 heavy (non-hydrogen) atoms. The highest BCUT2D eigenvalue weighted by atomic mass is 16.7. The number of unbranched alkanes of at least 4 members (excludes halogenated alkanes) is 1. The van der Waals surface area contributed by atoms with E-state index in [4.69, 9.17) is 14.6 Å². The van der Waals surface area contributed by atoms with E-state index in [1.807, 2.05) is 6.08 Å². The number of hydrogen-bond donors (Lipinski definition) is 1. The normalized spacial score (nSPS) is 18.1. The first kappa shape index (κ1) is 18.7. The zero-order valence-corrected chi connectivity index (χ0v) is 14.3. The highest BCUT2D eigenvalue weighted by Gasteiger charge is 2.13. The molecular formula is C20H28O4. The van der Waals surface area contributed by atoms with E-state index in [1.54, 1.807) is 0 Å². The summed E-state index contributed by atoms with van der Waals surface area (Å²) in [7, 11) is 0. The molecule has 1 fully saturated rings. The molecule has 1 aromatic carbocycles. The number of hydrogen-bond acceptors (Lipinski definition) is 3. The zero-order valence-electron chi connectivity index (χ0n) is 14.3. The number of carboxylic acid groups (broad SMARTS) is 1. The van der Waals surface area contributed by atoms with Gasteiger partial charge in [-0.2, -0.15) is 0 Å². The Morgan fingerprint density at radius 2 is 2.25 bits per heavy atom. The van der Waals surface area contributed by atoms with Crippen molar-refractivity contribution in [2.24, 2.45) is 0 Å². The highest BCUT2D eigenvalue weighted by molar-refractivity contribution is 5.66. The van der Waals surface area contributed by atoms with Crippen LogP contribution in [0.15, 0.2) is 30.3 Å². The van der Waals surface area contributed by atoms with Crippen LogP contribution < -0.4 is 0 Å². The predicted molar refractivity (Wildman–Crippen MR) is 94.8 cm³/mol. The van der Waals surface area contributed by atoms with Crippen LogP contribution in [0.4, 0.5) is 0 Å². The monoisotopic (exact) mass is 332 g/mol. The molecule has 0 radical (unpaired) electrons. The van der Waals surface area contributed by atoms with Crippen LogP contribution in [0.2, 0.25) is 0 Å². The van der Waals surface area contributed by atoms with Gasteiger partial charge in [-0.1, -0.05) is 36.4 Å². The van der Waals surface area contributed by atoms with Crippen molar-refractivity contribution >= 4 is 12.0 Å². The van der Waals surface area contributed by atoms with Gasteiger partial charge in [-0.3, -0.25) is 4.79 Å². The molecule has 4 heteroatoms. The van der Waals surface area contributed by atoms with E-state index in [1.165, 1.54) is 17.5 Å². The summed E-state index contributed by atoms with van der Waals surface area (Å²) in [6, 6.07) is 8.46. The molecule has 0 bridgehead atoms. The zero-order chi connectivity index (χ0) is 17.0. The van der Waals surface area contributed by atoms with E-state index in [2.05, 4.69) is 30.3 Å². The molecule has 0 amide bonds. The lowest BCUT2D eigenvalue weighted by molar-refractivity contribution is -0.162. The Hall–Kier alpha value is -1.65. The molecule has 2 rings (SSSR count). The van der Waals surface area contributed by atoms with E-state index < -0.39 is 5.97 Å². The lowest BCUT2D eigenvalue weighted by Gasteiger charge is -2.22. The second-order valence-electron chi connectivity index (χ2n) is 6.20. The molecule has 0 aliphatic carbocycles. The van der Waals surface area contributed by atoms with Crippen LogP contribution in [0, 0.1) is 0 Å². The van der Waals surface area contributed by atoms with E-state index in [0.717, 1.165) is 45.3 Å². The van der Waals surface area contributed by atoms with Crippen molar-refractivity contribution < 1.29 is 19.4 Å². The maximum absolute atomic E-state index is 10.5. The SMILES string of the molecule is O=C(O)CCC/C=C/c1cccc(CCCOC2CCCCO2)c1. The Morgan fingerprint density at radius 1 is 1.33 bits per heavy atom. The summed E-state index contributed by atoms with van der Waals surface area (Å²) in [5, 5.41) is 8.61. The lowest BCUT2D eigenvalue weighted by Crippen LogP contribution is -2.22. The Kier molecular flexibility index (Phi) is 8.56. The van der Waals surface area contributed by atoms with Gasteiger partial charge in [0.1, 0.15) is 0 Å². The molecule has 132 valence electrons. The van der Waals surface area contributed by atoms with Crippen molar-refractivity contribution in [1.82, 2.24) is 0 Å². The van der Waals surface area contributed by atoms with Gasteiger partial charge in [0.2, 0.25) is 0 Å². The molecule has 0 aromatic heterocycles. The third-order valence-corrected chi connectivity index (χ3v) is 4.07. The Balaban J connectivity index is 1.66. The number of aryl methyl sites for hydroxylation is 1. The Bertz CT molecular complexity index is 518. The Labute approximate surface area is 144 Å². The molecule has 4 nitrogen and oxygen atoms in total. The molecule has 1 aliphatic heterocycles. The molecule has 0 saturated carbocycles. The molecule has 0 spiro atoms. The van der Waals surface area contributed by atoms with Gasteiger partial charge in [0.25, 0.3) is 0 Å². The largest absolute Gasteiger partial charge is 0.481 e. The number of benzene rings is 1. The topological polar surface area (TPSA) is 55.8 Å². The maximum atomic E-state index is 10.5. The van der Waals surface area contributed by atoms with Gasteiger partial charge in [-0.05, 0) is 56.1 Å². The van der Waals surface area contributed by atoms with Gasteiger partial charge in [0.05, 0.1) is 6.61 Å². The molecule has 1 aliphatic rings. The fourth-order valence-electron chi connectivity index (χ4n) is 2.78. The summed E-state index contributed by atoms with van der Waals surface area (Å²) in [5.41, 5.74) is 2.47. The predicted octanol–water partition coefficient (Wildman–Crippen LogP) is 4.43. The number of carbonyl (C=O) groups is 1. The van der Waals surface area contributed by atoms with Crippen LogP contribution >= 0.6 is 0 Å².